The molecule has 0 atom stereocenters. The maximum Gasteiger partial charge on any atom is 0.136 e. The molecule has 0 saturated heterocycles. The zero-order valence-electron chi connectivity index (χ0n) is 8.61. The molecule has 0 aliphatic rings. The van der Waals surface area contributed by atoms with Crippen LogP contribution in [-0.4, -0.2) is 5.11 Å². The molecule has 0 aliphatic carbocycles. The molecular formula is C12H12BrNO2. The highest BCUT2D eigenvalue weighted by molar-refractivity contribution is 9.10. The van der Waals surface area contributed by atoms with E-state index in [1.807, 2.05) is 30.3 Å². The van der Waals surface area contributed by atoms with Crippen LogP contribution in [0.1, 0.15) is 11.3 Å². The number of benzene rings is 1. The van der Waals surface area contributed by atoms with Crippen molar-refractivity contribution in [2.24, 2.45) is 0 Å². The maximum atomic E-state index is 9.16. The van der Waals surface area contributed by atoms with Crippen LogP contribution in [0.5, 0.6) is 0 Å². The van der Waals surface area contributed by atoms with Gasteiger partial charge < -0.3 is 14.8 Å². The van der Waals surface area contributed by atoms with Gasteiger partial charge in [-0.05, 0) is 28.1 Å². The quantitative estimate of drug-likeness (QED) is 0.905. The number of furan rings is 1. The van der Waals surface area contributed by atoms with Crippen LogP contribution in [0.25, 0.3) is 0 Å². The van der Waals surface area contributed by atoms with Crippen molar-refractivity contribution in [1.82, 2.24) is 0 Å². The second kappa shape index (κ2) is 5.18. The Morgan fingerprint density at radius 2 is 2.06 bits per heavy atom. The van der Waals surface area contributed by atoms with Gasteiger partial charge in [-0.3, -0.25) is 0 Å². The number of para-hydroxylation sites is 1. The molecule has 0 spiro atoms. The molecule has 4 heteroatoms. The van der Waals surface area contributed by atoms with E-state index in [2.05, 4.69) is 21.2 Å². The second-order valence-corrected chi connectivity index (χ2v) is 4.21. The Hall–Kier alpha value is -1.26. The first kappa shape index (κ1) is 11.2. The monoisotopic (exact) mass is 281 g/mol. The second-order valence-electron chi connectivity index (χ2n) is 3.36. The first-order chi connectivity index (χ1) is 7.81. The average Bonchev–Trinajstić information content (AvgIpc) is 2.72. The Labute approximate surface area is 102 Å². The summed E-state index contributed by atoms with van der Waals surface area (Å²) < 4.78 is 6.23. The summed E-state index contributed by atoms with van der Waals surface area (Å²) in [6, 6.07) is 9.51. The molecule has 84 valence electrons. The zero-order chi connectivity index (χ0) is 11.4. The van der Waals surface area contributed by atoms with E-state index in [1.165, 1.54) is 0 Å². The van der Waals surface area contributed by atoms with E-state index >= 15 is 0 Å². The smallest absolute Gasteiger partial charge is 0.136 e. The van der Waals surface area contributed by atoms with Crippen LogP contribution in [0.15, 0.2) is 45.5 Å². The van der Waals surface area contributed by atoms with Crippen molar-refractivity contribution in [1.29, 1.82) is 0 Å². The number of halogens is 1. The molecule has 3 nitrogen and oxygen atoms in total. The molecule has 16 heavy (non-hydrogen) atoms. The summed E-state index contributed by atoms with van der Waals surface area (Å²) in [5.74, 6) is 0.841. The van der Waals surface area contributed by atoms with Crippen LogP contribution in [0.2, 0.25) is 0 Å². The van der Waals surface area contributed by atoms with Crippen LogP contribution in [-0.2, 0) is 13.2 Å². The third-order valence-corrected chi connectivity index (χ3v) is 3.02. The van der Waals surface area contributed by atoms with E-state index in [-0.39, 0.29) is 6.61 Å². The number of rotatable bonds is 4. The molecule has 1 aromatic heterocycles. The van der Waals surface area contributed by atoms with Crippen molar-refractivity contribution in [3.8, 4) is 0 Å². The highest BCUT2D eigenvalue weighted by atomic mass is 79.9. The molecule has 0 amide bonds. The topological polar surface area (TPSA) is 45.4 Å². The molecule has 0 bridgehead atoms. The molecule has 1 heterocycles. The minimum atomic E-state index is 0.0303. The molecule has 0 aliphatic heterocycles. The Bertz CT molecular complexity index is 468. The molecule has 2 rings (SSSR count). The van der Waals surface area contributed by atoms with Gasteiger partial charge in [-0.15, -0.1) is 0 Å². The van der Waals surface area contributed by atoms with Crippen LogP contribution in [0.3, 0.4) is 0 Å². The minimum Gasteiger partial charge on any atom is -0.466 e. The first-order valence-electron chi connectivity index (χ1n) is 4.96. The van der Waals surface area contributed by atoms with Crippen molar-refractivity contribution < 1.29 is 9.52 Å². The fourth-order valence-corrected chi connectivity index (χ4v) is 1.80. The summed E-state index contributed by atoms with van der Waals surface area (Å²) in [4.78, 5) is 0. The fraction of sp³-hybridized carbons (Fsp3) is 0.167. The Morgan fingerprint density at radius 3 is 2.75 bits per heavy atom. The van der Waals surface area contributed by atoms with E-state index in [4.69, 9.17) is 9.52 Å². The van der Waals surface area contributed by atoms with Gasteiger partial charge >= 0.3 is 0 Å². The molecule has 1 aromatic carbocycles. The van der Waals surface area contributed by atoms with E-state index in [0.717, 1.165) is 21.5 Å². The lowest BCUT2D eigenvalue weighted by molar-refractivity contribution is 0.282. The number of hydrogen-bond donors (Lipinski definition) is 2. The van der Waals surface area contributed by atoms with E-state index in [9.17, 15) is 0 Å². The summed E-state index contributed by atoms with van der Waals surface area (Å²) >= 11 is 3.39. The van der Waals surface area contributed by atoms with Gasteiger partial charge in [-0.2, -0.15) is 0 Å². The molecule has 0 radical (unpaired) electrons. The Kier molecular flexibility index (Phi) is 3.64. The molecule has 0 saturated carbocycles. The SMILES string of the molecule is OCc1ccccc1NCc1occc1Br. The predicted molar refractivity (Wildman–Crippen MR) is 66.1 cm³/mol. The summed E-state index contributed by atoms with van der Waals surface area (Å²) in [6.45, 7) is 0.618. The predicted octanol–water partition coefficient (Wildman–Crippen LogP) is 3.15. The summed E-state index contributed by atoms with van der Waals surface area (Å²) in [5.41, 5.74) is 1.80. The van der Waals surface area contributed by atoms with Gasteiger partial charge in [0.25, 0.3) is 0 Å². The lowest BCUT2D eigenvalue weighted by atomic mass is 10.2. The van der Waals surface area contributed by atoms with Gasteiger partial charge in [-0.1, -0.05) is 18.2 Å². The summed E-state index contributed by atoms with van der Waals surface area (Å²) in [6.07, 6.45) is 1.64. The third kappa shape index (κ3) is 2.46. The third-order valence-electron chi connectivity index (χ3n) is 2.32. The van der Waals surface area contributed by atoms with Crippen LogP contribution >= 0.6 is 15.9 Å². The number of aliphatic hydroxyl groups excluding tert-OH is 1. The zero-order valence-corrected chi connectivity index (χ0v) is 10.2. The largest absolute Gasteiger partial charge is 0.466 e. The van der Waals surface area contributed by atoms with Gasteiger partial charge in [0, 0.05) is 11.3 Å². The van der Waals surface area contributed by atoms with E-state index < -0.39 is 0 Å². The van der Waals surface area contributed by atoms with Gasteiger partial charge in [0.2, 0.25) is 0 Å². The lowest BCUT2D eigenvalue weighted by Gasteiger charge is -2.09. The van der Waals surface area contributed by atoms with E-state index in [1.54, 1.807) is 6.26 Å². The highest BCUT2D eigenvalue weighted by Gasteiger charge is 2.04. The van der Waals surface area contributed by atoms with Crippen LogP contribution in [0, 0.1) is 0 Å². The van der Waals surface area contributed by atoms with E-state index in [0.29, 0.717) is 6.54 Å². The number of hydrogen-bond acceptors (Lipinski definition) is 3. The van der Waals surface area contributed by atoms with Crippen molar-refractivity contribution >= 4 is 21.6 Å². The van der Waals surface area contributed by atoms with Crippen LogP contribution in [0.4, 0.5) is 5.69 Å². The number of aliphatic hydroxyl groups is 1. The lowest BCUT2D eigenvalue weighted by Crippen LogP contribution is -2.01. The molecule has 2 aromatic rings. The van der Waals surface area contributed by atoms with Crippen LogP contribution < -0.4 is 5.32 Å². The van der Waals surface area contributed by atoms with Crippen molar-refractivity contribution in [2.45, 2.75) is 13.2 Å². The average molecular weight is 282 g/mol. The van der Waals surface area contributed by atoms with Gasteiger partial charge in [0.15, 0.2) is 0 Å². The standard InChI is InChI=1S/C12H12BrNO2/c13-10-5-6-16-12(10)7-14-11-4-2-1-3-9(11)8-15/h1-6,14-15H,7-8H2. The van der Waals surface area contributed by atoms with Gasteiger partial charge in [-0.25, -0.2) is 0 Å². The highest BCUT2D eigenvalue weighted by Crippen LogP contribution is 2.20. The van der Waals surface area contributed by atoms with Gasteiger partial charge in [0.05, 0.1) is 23.9 Å². The Balaban J connectivity index is 2.07. The number of anilines is 1. The minimum absolute atomic E-state index is 0.0303. The van der Waals surface area contributed by atoms with Crippen molar-refractivity contribution in [3.63, 3.8) is 0 Å². The summed E-state index contributed by atoms with van der Waals surface area (Å²) in [7, 11) is 0. The molecule has 0 unspecified atom stereocenters. The maximum absolute atomic E-state index is 9.16. The fourth-order valence-electron chi connectivity index (χ4n) is 1.46. The van der Waals surface area contributed by atoms with Crippen molar-refractivity contribution in [2.75, 3.05) is 5.32 Å². The normalized spacial score (nSPS) is 10.4. The van der Waals surface area contributed by atoms with Crippen molar-refractivity contribution in [3.05, 3.63) is 52.4 Å². The first-order valence-corrected chi connectivity index (χ1v) is 5.75. The molecule has 2 N–H and O–H groups in total. The molecular weight excluding hydrogens is 270 g/mol. The Morgan fingerprint density at radius 1 is 1.25 bits per heavy atom. The van der Waals surface area contributed by atoms with Gasteiger partial charge in [0.1, 0.15) is 5.76 Å². The summed E-state index contributed by atoms with van der Waals surface area (Å²) in [5, 5.41) is 12.4. The molecule has 0 fully saturated rings. The number of nitrogens with one attached hydrogen (secondary N) is 1.